The van der Waals surface area contributed by atoms with Crippen molar-refractivity contribution in [1.82, 2.24) is 0 Å². The molecule has 8 nitrogen and oxygen atoms in total. The van der Waals surface area contributed by atoms with Crippen LogP contribution in [0, 0.1) is 0 Å². The fourth-order valence-electron chi connectivity index (χ4n) is 4.25. The molecule has 0 radical (unpaired) electrons. The number of benzene rings is 2. The number of carboxylic acids is 1. The zero-order chi connectivity index (χ0) is 26.2. The van der Waals surface area contributed by atoms with E-state index in [1.165, 1.54) is 13.8 Å². The first-order valence-corrected chi connectivity index (χ1v) is 12.4. The summed E-state index contributed by atoms with van der Waals surface area (Å²) in [5, 5.41) is 19.7. The van der Waals surface area contributed by atoms with Crippen LogP contribution in [-0.4, -0.2) is 47.1 Å². The van der Waals surface area contributed by atoms with Gasteiger partial charge in [-0.3, -0.25) is 9.59 Å². The van der Waals surface area contributed by atoms with Gasteiger partial charge in [-0.2, -0.15) is 0 Å². The maximum Gasteiger partial charge on any atom is 0.344 e. The summed E-state index contributed by atoms with van der Waals surface area (Å²) in [7, 11) is 0. The molecule has 0 unspecified atom stereocenters. The maximum absolute atomic E-state index is 12.1. The summed E-state index contributed by atoms with van der Waals surface area (Å²) in [6, 6.07) is 6.69. The van der Waals surface area contributed by atoms with Crippen molar-refractivity contribution < 1.29 is 38.8 Å². The topological polar surface area (TPSA) is 119 Å². The van der Waals surface area contributed by atoms with E-state index in [1.54, 1.807) is 24.3 Å². The van der Waals surface area contributed by atoms with E-state index in [1.807, 2.05) is 6.92 Å². The van der Waals surface area contributed by atoms with E-state index < -0.39 is 12.1 Å². The summed E-state index contributed by atoms with van der Waals surface area (Å²) < 4.78 is 17.3. The van der Waals surface area contributed by atoms with Crippen LogP contribution in [0.25, 0.3) is 0 Å². The van der Waals surface area contributed by atoms with Gasteiger partial charge in [0.05, 0.1) is 24.3 Å². The minimum absolute atomic E-state index is 0.000213. The van der Waals surface area contributed by atoms with E-state index in [0.717, 1.165) is 31.2 Å². The van der Waals surface area contributed by atoms with Crippen LogP contribution >= 0.6 is 0 Å². The normalized spacial score (nSPS) is 14.5. The predicted molar refractivity (Wildman–Crippen MR) is 134 cm³/mol. The smallest absolute Gasteiger partial charge is 0.344 e. The first-order valence-electron chi connectivity index (χ1n) is 12.4. The highest BCUT2D eigenvalue weighted by atomic mass is 16.5. The molecule has 0 saturated carbocycles. The molecular weight excluding hydrogens is 464 g/mol. The summed E-state index contributed by atoms with van der Waals surface area (Å²) in [6.45, 7) is 5.74. The average Bonchev–Trinajstić information content (AvgIpc) is 2.84. The second-order valence-corrected chi connectivity index (χ2v) is 9.00. The number of Topliss-reactive ketones (excluding diaryl/α,β-unsaturated/α-hetero) is 2. The summed E-state index contributed by atoms with van der Waals surface area (Å²) >= 11 is 0. The number of phenolic OH excluding ortho intramolecular Hbond substituents is 1. The van der Waals surface area contributed by atoms with Crippen LogP contribution < -0.4 is 14.2 Å². The van der Waals surface area contributed by atoms with Crippen LogP contribution in [0.15, 0.2) is 24.3 Å². The number of phenols is 1. The standard InChI is InChI=1S/C28H34O8/c1-4-8-21-23(12-10-20(17(2)29)27(21)31)34-13-6-5-7-14-35-26-16-25-19(15-22(26)18(3)30)9-11-24(36-25)28(32)33/h10,12,15-16,24,31H,4-9,11,13-14H2,1-3H3,(H,32,33)/t24-/m1/s1. The number of unbranched alkanes of at least 4 members (excludes halogenated alkanes) is 2. The molecule has 3 rings (SSSR count). The highest BCUT2D eigenvalue weighted by Gasteiger charge is 2.27. The Morgan fingerprint density at radius 2 is 1.64 bits per heavy atom. The van der Waals surface area contributed by atoms with Crippen molar-refractivity contribution in [3.8, 4) is 23.0 Å². The molecule has 0 aromatic heterocycles. The van der Waals surface area contributed by atoms with Gasteiger partial charge in [-0.25, -0.2) is 4.79 Å². The minimum Gasteiger partial charge on any atom is -0.507 e. The molecule has 0 bridgehead atoms. The van der Waals surface area contributed by atoms with Crippen LogP contribution in [0.2, 0.25) is 0 Å². The molecule has 0 fully saturated rings. The Morgan fingerprint density at radius 1 is 0.972 bits per heavy atom. The summed E-state index contributed by atoms with van der Waals surface area (Å²) in [4.78, 5) is 35.1. The Labute approximate surface area is 211 Å². The number of hydrogen-bond acceptors (Lipinski definition) is 7. The second kappa shape index (κ2) is 12.4. The molecular formula is C28H34O8. The molecule has 8 heteroatoms. The molecule has 0 saturated heterocycles. The second-order valence-electron chi connectivity index (χ2n) is 9.00. The lowest BCUT2D eigenvalue weighted by Gasteiger charge is -2.24. The van der Waals surface area contributed by atoms with E-state index in [0.29, 0.717) is 66.4 Å². The van der Waals surface area contributed by atoms with Crippen molar-refractivity contribution in [2.45, 2.75) is 71.8 Å². The van der Waals surface area contributed by atoms with Gasteiger partial charge in [0.2, 0.25) is 0 Å². The summed E-state index contributed by atoms with van der Waals surface area (Å²) in [5.74, 6) is 0.126. The van der Waals surface area contributed by atoms with E-state index in [4.69, 9.17) is 14.2 Å². The van der Waals surface area contributed by atoms with Crippen molar-refractivity contribution >= 4 is 17.5 Å². The van der Waals surface area contributed by atoms with Gasteiger partial charge in [0.1, 0.15) is 23.0 Å². The van der Waals surface area contributed by atoms with Gasteiger partial charge in [-0.1, -0.05) is 13.3 Å². The number of carboxylic acid groups (broad SMARTS) is 1. The van der Waals surface area contributed by atoms with Gasteiger partial charge >= 0.3 is 5.97 Å². The number of rotatable bonds is 13. The minimum atomic E-state index is -1.01. The quantitative estimate of drug-likeness (QED) is 0.287. The van der Waals surface area contributed by atoms with Crippen LogP contribution in [-0.2, 0) is 17.6 Å². The Morgan fingerprint density at radius 3 is 2.25 bits per heavy atom. The lowest BCUT2D eigenvalue weighted by molar-refractivity contribution is -0.145. The molecule has 1 heterocycles. The van der Waals surface area contributed by atoms with Gasteiger partial charge in [-0.15, -0.1) is 0 Å². The molecule has 1 aliphatic heterocycles. The number of ether oxygens (including phenoxy) is 3. The third kappa shape index (κ3) is 6.56. The highest BCUT2D eigenvalue weighted by Crippen LogP contribution is 2.35. The van der Waals surface area contributed by atoms with Gasteiger partial charge in [0.15, 0.2) is 17.7 Å². The van der Waals surface area contributed by atoms with Gasteiger partial charge in [0, 0.05) is 11.6 Å². The number of aliphatic carboxylic acids is 1. The lowest BCUT2D eigenvalue weighted by Crippen LogP contribution is -2.31. The summed E-state index contributed by atoms with van der Waals surface area (Å²) in [6.07, 6.45) is 3.74. The van der Waals surface area contributed by atoms with E-state index in [2.05, 4.69) is 0 Å². The molecule has 1 aliphatic rings. The van der Waals surface area contributed by atoms with E-state index in [9.17, 15) is 24.6 Å². The zero-order valence-corrected chi connectivity index (χ0v) is 21.1. The SMILES string of the molecule is CCCc1c(OCCCCCOc2cc3c(cc2C(C)=O)CC[C@H](C(=O)O)O3)ccc(C(C)=O)c1O. The van der Waals surface area contributed by atoms with Crippen LogP contribution in [0.1, 0.15) is 84.7 Å². The van der Waals surface area contributed by atoms with Crippen LogP contribution in [0.3, 0.4) is 0 Å². The van der Waals surface area contributed by atoms with Crippen molar-refractivity contribution in [1.29, 1.82) is 0 Å². The first kappa shape index (κ1) is 27.0. The third-order valence-electron chi connectivity index (χ3n) is 6.19. The van der Waals surface area contributed by atoms with E-state index >= 15 is 0 Å². The number of hydrogen-bond donors (Lipinski definition) is 2. The molecule has 36 heavy (non-hydrogen) atoms. The van der Waals surface area contributed by atoms with Gasteiger partial charge < -0.3 is 24.4 Å². The van der Waals surface area contributed by atoms with Gasteiger partial charge in [0.25, 0.3) is 0 Å². The molecule has 194 valence electrons. The maximum atomic E-state index is 12.1. The average molecular weight is 499 g/mol. The third-order valence-corrected chi connectivity index (χ3v) is 6.19. The first-order chi connectivity index (χ1) is 17.2. The predicted octanol–water partition coefficient (Wildman–Crippen LogP) is 5.16. The Bertz CT molecular complexity index is 1120. The molecule has 0 aliphatic carbocycles. The lowest BCUT2D eigenvalue weighted by atomic mass is 9.98. The number of ketones is 2. The van der Waals surface area contributed by atoms with Crippen molar-refractivity contribution in [3.05, 3.63) is 46.5 Å². The molecule has 1 atom stereocenters. The molecule has 2 aromatic carbocycles. The largest absolute Gasteiger partial charge is 0.507 e. The molecule has 0 spiro atoms. The van der Waals surface area contributed by atoms with Crippen molar-refractivity contribution in [2.24, 2.45) is 0 Å². The molecule has 2 N–H and O–H groups in total. The molecule has 2 aromatic rings. The highest BCUT2D eigenvalue weighted by molar-refractivity contribution is 5.98. The fraction of sp³-hybridized carbons (Fsp3) is 0.464. The number of carbonyl (C=O) groups is 3. The monoisotopic (exact) mass is 498 g/mol. The van der Waals surface area contributed by atoms with Gasteiger partial charge in [-0.05, 0) is 76.1 Å². The number of aromatic hydroxyl groups is 1. The van der Waals surface area contributed by atoms with Crippen molar-refractivity contribution in [3.63, 3.8) is 0 Å². The van der Waals surface area contributed by atoms with E-state index in [-0.39, 0.29) is 17.3 Å². The summed E-state index contributed by atoms with van der Waals surface area (Å²) in [5.41, 5.74) is 2.24. The Balaban J connectivity index is 1.51. The Hall–Kier alpha value is -3.55. The van der Waals surface area contributed by atoms with Crippen LogP contribution in [0.4, 0.5) is 0 Å². The number of carbonyl (C=O) groups excluding carboxylic acids is 2. The fourth-order valence-corrected chi connectivity index (χ4v) is 4.25. The number of aryl methyl sites for hydroxylation is 1. The number of fused-ring (bicyclic) bond motifs is 1. The van der Waals surface area contributed by atoms with Crippen LogP contribution in [0.5, 0.6) is 23.0 Å². The zero-order valence-electron chi connectivity index (χ0n) is 21.1. The Kier molecular flexibility index (Phi) is 9.33. The van der Waals surface area contributed by atoms with Crippen molar-refractivity contribution in [2.75, 3.05) is 13.2 Å². The molecule has 0 amide bonds.